The van der Waals surface area contributed by atoms with E-state index >= 15 is 0 Å². The molecule has 1 unspecified atom stereocenters. The Balaban J connectivity index is 1.59. The predicted octanol–water partition coefficient (Wildman–Crippen LogP) is 3.09. The number of aliphatic imine (C=N–C) groups is 1. The van der Waals surface area contributed by atoms with E-state index < -0.39 is 0 Å². The van der Waals surface area contributed by atoms with Gasteiger partial charge in [0.2, 0.25) is 0 Å². The number of benzene rings is 1. The Morgan fingerprint density at radius 1 is 1.15 bits per heavy atom. The van der Waals surface area contributed by atoms with Crippen LogP contribution >= 0.6 is 0 Å². The van der Waals surface area contributed by atoms with Crippen LogP contribution in [0.25, 0.3) is 0 Å². The SMILES string of the molecule is CC(NC(=NCCc1ccco1)NCCc1ccnn1C)c1ccccc1. The molecule has 2 aromatic heterocycles. The van der Waals surface area contributed by atoms with Gasteiger partial charge in [0.1, 0.15) is 5.76 Å². The molecule has 0 saturated heterocycles. The van der Waals surface area contributed by atoms with Gasteiger partial charge in [0.25, 0.3) is 0 Å². The predicted molar refractivity (Wildman–Crippen MR) is 108 cm³/mol. The zero-order chi connectivity index (χ0) is 18.9. The maximum absolute atomic E-state index is 5.39. The van der Waals surface area contributed by atoms with Crippen LogP contribution in [0.4, 0.5) is 0 Å². The van der Waals surface area contributed by atoms with Gasteiger partial charge in [-0.15, -0.1) is 0 Å². The molecule has 0 aliphatic heterocycles. The zero-order valence-electron chi connectivity index (χ0n) is 15.9. The molecule has 1 atom stereocenters. The molecule has 0 radical (unpaired) electrons. The summed E-state index contributed by atoms with van der Waals surface area (Å²) in [5.41, 5.74) is 2.42. The molecule has 0 spiro atoms. The van der Waals surface area contributed by atoms with Gasteiger partial charge in [-0.1, -0.05) is 30.3 Å². The molecule has 3 aromatic rings. The van der Waals surface area contributed by atoms with E-state index in [0.717, 1.165) is 31.1 Å². The summed E-state index contributed by atoms with van der Waals surface area (Å²) in [7, 11) is 1.96. The fourth-order valence-corrected chi connectivity index (χ4v) is 2.87. The normalized spacial score (nSPS) is 12.7. The maximum atomic E-state index is 5.39. The summed E-state index contributed by atoms with van der Waals surface area (Å²) < 4.78 is 7.29. The van der Waals surface area contributed by atoms with E-state index in [4.69, 9.17) is 9.41 Å². The van der Waals surface area contributed by atoms with Crippen LogP contribution in [0, 0.1) is 0 Å². The summed E-state index contributed by atoms with van der Waals surface area (Å²) >= 11 is 0. The fourth-order valence-electron chi connectivity index (χ4n) is 2.87. The number of nitrogens with zero attached hydrogens (tertiary/aromatic N) is 3. The first kappa shape index (κ1) is 18.8. The molecule has 0 bridgehead atoms. The van der Waals surface area contributed by atoms with Gasteiger partial charge in [-0.05, 0) is 30.7 Å². The van der Waals surface area contributed by atoms with Crippen LogP contribution in [0.1, 0.15) is 30.0 Å². The molecule has 0 saturated carbocycles. The van der Waals surface area contributed by atoms with Crippen LogP contribution < -0.4 is 10.6 Å². The molecule has 0 aliphatic carbocycles. The molecule has 0 amide bonds. The van der Waals surface area contributed by atoms with Crippen molar-refractivity contribution < 1.29 is 4.42 Å². The molecular formula is C21H27N5O. The van der Waals surface area contributed by atoms with Crippen molar-refractivity contribution in [2.75, 3.05) is 13.1 Å². The minimum atomic E-state index is 0.165. The number of furan rings is 1. The van der Waals surface area contributed by atoms with Gasteiger partial charge in [0, 0.05) is 44.9 Å². The molecule has 1 aromatic carbocycles. The van der Waals surface area contributed by atoms with Gasteiger partial charge < -0.3 is 15.1 Å². The monoisotopic (exact) mass is 365 g/mol. The lowest BCUT2D eigenvalue weighted by atomic mass is 10.1. The van der Waals surface area contributed by atoms with Crippen molar-refractivity contribution in [3.63, 3.8) is 0 Å². The Labute approximate surface area is 160 Å². The van der Waals surface area contributed by atoms with Gasteiger partial charge in [-0.2, -0.15) is 5.10 Å². The Kier molecular flexibility index (Phi) is 6.68. The quantitative estimate of drug-likeness (QED) is 0.475. The summed E-state index contributed by atoms with van der Waals surface area (Å²) in [6.07, 6.45) is 5.18. The highest BCUT2D eigenvalue weighted by Gasteiger charge is 2.08. The van der Waals surface area contributed by atoms with Crippen molar-refractivity contribution in [2.24, 2.45) is 12.0 Å². The second-order valence-electron chi connectivity index (χ2n) is 6.46. The number of rotatable bonds is 8. The van der Waals surface area contributed by atoms with Crippen molar-refractivity contribution in [1.82, 2.24) is 20.4 Å². The molecule has 27 heavy (non-hydrogen) atoms. The van der Waals surface area contributed by atoms with E-state index in [9.17, 15) is 0 Å². The second-order valence-corrected chi connectivity index (χ2v) is 6.46. The van der Waals surface area contributed by atoms with Gasteiger partial charge >= 0.3 is 0 Å². The van der Waals surface area contributed by atoms with Crippen LogP contribution in [0.2, 0.25) is 0 Å². The summed E-state index contributed by atoms with van der Waals surface area (Å²) in [6.45, 7) is 3.59. The van der Waals surface area contributed by atoms with Crippen molar-refractivity contribution in [3.05, 3.63) is 78.0 Å². The third kappa shape index (κ3) is 5.74. The Morgan fingerprint density at radius 3 is 2.70 bits per heavy atom. The van der Waals surface area contributed by atoms with E-state index in [1.54, 1.807) is 6.26 Å². The van der Waals surface area contributed by atoms with Crippen molar-refractivity contribution in [1.29, 1.82) is 0 Å². The number of hydrogen-bond donors (Lipinski definition) is 2. The highest BCUT2D eigenvalue weighted by Crippen LogP contribution is 2.11. The first-order valence-electron chi connectivity index (χ1n) is 9.31. The van der Waals surface area contributed by atoms with Crippen LogP contribution in [0.15, 0.2) is 70.4 Å². The van der Waals surface area contributed by atoms with E-state index in [2.05, 4.69) is 46.9 Å². The third-order valence-corrected chi connectivity index (χ3v) is 4.46. The van der Waals surface area contributed by atoms with Crippen LogP contribution in [-0.4, -0.2) is 28.8 Å². The molecule has 3 rings (SSSR count). The Hall–Kier alpha value is -3.02. The van der Waals surface area contributed by atoms with Gasteiger partial charge in [0.05, 0.1) is 12.3 Å². The van der Waals surface area contributed by atoms with Crippen LogP contribution in [0.5, 0.6) is 0 Å². The second kappa shape index (κ2) is 9.62. The largest absolute Gasteiger partial charge is 0.469 e. The lowest BCUT2D eigenvalue weighted by Gasteiger charge is -2.19. The fraction of sp³-hybridized carbons (Fsp3) is 0.333. The van der Waals surface area contributed by atoms with Gasteiger partial charge in [0.15, 0.2) is 5.96 Å². The topological polar surface area (TPSA) is 67.4 Å². The minimum absolute atomic E-state index is 0.165. The van der Waals surface area contributed by atoms with Crippen LogP contribution in [-0.2, 0) is 19.9 Å². The van der Waals surface area contributed by atoms with Crippen molar-refractivity contribution in [3.8, 4) is 0 Å². The highest BCUT2D eigenvalue weighted by atomic mass is 16.3. The smallest absolute Gasteiger partial charge is 0.191 e. The molecule has 2 heterocycles. The standard InChI is InChI=1S/C21H27N5O/c1-17(18-7-4-3-5-8-18)25-21(23-14-12-20-9-6-16-27-20)22-13-10-19-11-15-24-26(19)2/h3-9,11,15-17H,10,12-14H2,1-2H3,(H2,22,23,25). The highest BCUT2D eigenvalue weighted by molar-refractivity contribution is 5.80. The average molecular weight is 365 g/mol. The van der Waals surface area contributed by atoms with Gasteiger partial charge in [-0.3, -0.25) is 9.67 Å². The molecular weight excluding hydrogens is 338 g/mol. The van der Waals surface area contributed by atoms with Crippen molar-refractivity contribution >= 4 is 5.96 Å². The van der Waals surface area contributed by atoms with E-state index in [1.807, 2.05) is 42.2 Å². The summed E-state index contributed by atoms with van der Waals surface area (Å²) in [5, 5.41) is 11.1. The number of guanidine groups is 1. The summed E-state index contributed by atoms with van der Waals surface area (Å²) in [6, 6.07) is 16.5. The van der Waals surface area contributed by atoms with E-state index in [0.29, 0.717) is 6.54 Å². The first-order chi connectivity index (χ1) is 13.2. The first-order valence-corrected chi connectivity index (χ1v) is 9.31. The molecule has 142 valence electrons. The number of aryl methyl sites for hydroxylation is 1. The van der Waals surface area contributed by atoms with Gasteiger partial charge in [-0.25, -0.2) is 0 Å². The van der Waals surface area contributed by atoms with Crippen LogP contribution in [0.3, 0.4) is 0 Å². The average Bonchev–Trinajstić information content (AvgIpc) is 3.34. The minimum Gasteiger partial charge on any atom is -0.469 e. The summed E-state index contributed by atoms with van der Waals surface area (Å²) in [4.78, 5) is 4.72. The van der Waals surface area contributed by atoms with E-state index in [-0.39, 0.29) is 6.04 Å². The number of hydrogen-bond acceptors (Lipinski definition) is 3. The lowest BCUT2D eigenvalue weighted by Crippen LogP contribution is -2.40. The zero-order valence-corrected chi connectivity index (χ0v) is 15.9. The lowest BCUT2D eigenvalue weighted by molar-refractivity contribution is 0.510. The summed E-state index contributed by atoms with van der Waals surface area (Å²) in [5.74, 6) is 1.75. The maximum Gasteiger partial charge on any atom is 0.191 e. The molecule has 2 N–H and O–H groups in total. The van der Waals surface area contributed by atoms with E-state index in [1.165, 1.54) is 11.3 Å². The number of aromatic nitrogens is 2. The molecule has 6 heteroatoms. The Bertz CT molecular complexity index is 823. The molecule has 0 fully saturated rings. The Morgan fingerprint density at radius 2 is 2.00 bits per heavy atom. The third-order valence-electron chi connectivity index (χ3n) is 4.46. The van der Waals surface area contributed by atoms with Crippen molar-refractivity contribution in [2.45, 2.75) is 25.8 Å². The number of nitrogens with one attached hydrogen (secondary N) is 2. The molecule has 6 nitrogen and oxygen atoms in total. The molecule has 0 aliphatic rings.